The molecule has 0 bridgehead atoms. The van der Waals surface area contributed by atoms with Crippen molar-refractivity contribution in [3.63, 3.8) is 0 Å². The summed E-state index contributed by atoms with van der Waals surface area (Å²) in [6, 6.07) is 10.3. The Balaban J connectivity index is 1.60. The van der Waals surface area contributed by atoms with Crippen LogP contribution in [0.4, 0.5) is 4.79 Å². The average Bonchev–Trinajstić information content (AvgIpc) is 2.82. The maximum atomic E-state index is 13.2. The summed E-state index contributed by atoms with van der Waals surface area (Å²) in [6.45, 7) is 9.06. The highest BCUT2D eigenvalue weighted by Crippen LogP contribution is 2.33. The van der Waals surface area contributed by atoms with Gasteiger partial charge in [0.2, 0.25) is 0 Å². The Hall–Kier alpha value is -2.23. The molecule has 1 aromatic rings. The number of nitrogens with zero attached hydrogens (tertiary/aromatic N) is 1. The lowest BCUT2D eigenvalue weighted by Gasteiger charge is -2.38. The second-order valence-electron chi connectivity index (χ2n) is 10.1. The predicted octanol–water partition coefficient (Wildman–Crippen LogP) is 4.33. The van der Waals surface area contributed by atoms with E-state index < -0.39 is 0 Å². The normalized spacial score (nSPS) is 24.2. The lowest BCUT2D eigenvalue weighted by atomic mass is 9.87. The number of hydrogen-bond acceptors (Lipinski definition) is 4. The molecule has 33 heavy (non-hydrogen) atoms. The summed E-state index contributed by atoms with van der Waals surface area (Å²) < 4.78 is 12.0. The fourth-order valence-corrected chi connectivity index (χ4v) is 4.99. The lowest BCUT2D eigenvalue weighted by molar-refractivity contribution is -0.0792. The Bertz CT molecular complexity index is 792. The molecule has 2 aliphatic rings. The van der Waals surface area contributed by atoms with Crippen LogP contribution in [0, 0.1) is 23.9 Å². The highest BCUT2D eigenvalue weighted by atomic mass is 16.5. The maximum Gasteiger partial charge on any atom is 0.317 e. The third-order valence-electron chi connectivity index (χ3n) is 6.85. The molecule has 0 aliphatic carbocycles. The zero-order valence-electron chi connectivity index (χ0n) is 20.7. The Morgan fingerprint density at radius 2 is 2.09 bits per heavy atom. The van der Waals surface area contributed by atoms with E-state index in [0.29, 0.717) is 12.5 Å². The quantitative estimate of drug-likeness (QED) is 0.573. The third-order valence-corrected chi connectivity index (χ3v) is 6.85. The van der Waals surface area contributed by atoms with Crippen LogP contribution in [-0.4, -0.2) is 55.9 Å². The molecule has 0 radical (unpaired) electrons. The first-order valence-electron chi connectivity index (χ1n) is 12.4. The molecule has 2 aliphatic heterocycles. The molecule has 0 unspecified atom stereocenters. The minimum atomic E-state index is -0.134. The molecule has 2 saturated heterocycles. The van der Waals surface area contributed by atoms with Crippen molar-refractivity contribution in [2.45, 2.75) is 70.6 Å². The van der Waals surface area contributed by atoms with Crippen molar-refractivity contribution in [2.24, 2.45) is 11.8 Å². The highest BCUT2D eigenvalue weighted by molar-refractivity contribution is 5.74. The number of likely N-dealkylation sites (N-methyl/N-ethyl adjacent to an activating group) is 1. The number of amides is 2. The number of hydrogen-bond donors (Lipinski definition) is 2. The number of ether oxygens (including phenoxy) is 2. The second kappa shape index (κ2) is 12.3. The van der Waals surface area contributed by atoms with E-state index in [1.807, 2.05) is 30.1 Å². The minimum Gasteiger partial charge on any atom is -0.438 e. The van der Waals surface area contributed by atoms with Gasteiger partial charge < -0.3 is 25.0 Å². The zero-order chi connectivity index (χ0) is 23.7. The van der Waals surface area contributed by atoms with E-state index in [-0.39, 0.29) is 29.7 Å². The van der Waals surface area contributed by atoms with Crippen LogP contribution in [0.1, 0.15) is 64.5 Å². The first-order chi connectivity index (χ1) is 15.9. The molecule has 6 nitrogen and oxygen atoms in total. The van der Waals surface area contributed by atoms with Gasteiger partial charge in [-0.05, 0) is 64.5 Å². The van der Waals surface area contributed by atoms with Crippen LogP contribution < -0.4 is 10.6 Å². The number of carbonyl (C=O) groups is 1. The van der Waals surface area contributed by atoms with Crippen molar-refractivity contribution in [3.8, 4) is 12.0 Å². The molecule has 3 rings (SSSR count). The smallest absolute Gasteiger partial charge is 0.317 e. The van der Waals surface area contributed by atoms with Crippen LogP contribution in [0.15, 0.2) is 30.3 Å². The molecule has 2 N–H and O–H groups in total. The maximum absolute atomic E-state index is 13.2. The van der Waals surface area contributed by atoms with Crippen molar-refractivity contribution < 1.29 is 14.3 Å². The summed E-state index contributed by atoms with van der Waals surface area (Å²) in [7, 11) is 1.94. The van der Waals surface area contributed by atoms with Gasteiger partial charge in [-0.2, -0.15) is 0 Å². The topological polar surface area (TPSA) is 62.8 Å². The number of likely N-dealkylation sites (tertiary alicyclic amines) is 1. The number of piperidine rings is 1. The van der Waals surface area contributed by atoms with E-state index in [9.17, 15) is 4.79 Å². The summed E-state index contributed by atoms with van der Waals surface area (Å²) in [4.78, 5) is 15.2. The molecule has 6 heteroatoms. The summed E-state index contributed by atoms with van der Waals surface area (Å²) >= 11 is 0. The Morgan fingerprint density at radius 3 is 2.76 bits per heavy atom. The third kappa shape index (κ3) is 7.65. The van der Waals surface area contributed by atoms with Gasteiger partial charge in [0.15, 0.2) is 0 Å². The zero-order valence-corrected chi connectivity index (χ0v) is 20.7. The molecule has 2 heterocycles. The van der Waals surface area contributed by atoms with E-state index in [2.05, 4.69) is 48.6 Å². The van der Waals surface area contributed by atoms with Gasteiger partial charge in [0.25, 0.3) is 0 Å². The fourth-order valence-electron chi connectivity index (χ4n) is 4.99. The Kier molecular flexibility index (Phi) is 9.46. The largest absolute Gasteiger partial charge is 0.438 e. The number of benzene rings is 1. The minimum absolute atomic E-state index is 0.0189. The summed E-state index contributed by atoms with van der Waals surface area (Å²) in [6.07, 6.45) is 7.78. The fraction of sp³-hybridized carbons (Fsp3) is 0.667. The van der Waals surface area contributed by atoms with E-state index >= 15 is 0 Å². The Morgan fingerprint density at radius 1 is 1.30 bits per heavy atom. The van der Waals surface area contributed by atoms with Gasteiger partial charge in [-0.15, -0.1) is 0 Å². The summed E-state index contributed by atoms with van der Waals surface area (Å²) in [5.41, 5.74) is 1.08. The van der Waals surface area contributed by atoms with Crippen molar-refractivity contribution >= 4 is 6.03 Å². The van der Waals surface area contributed by atoms with Gasteiger partial charge in [0, 0.05) is 38.5 Å². The van der Waals surface area contributed by atoms with Crippen LogP contribution in [0.2, 0.25) is 0 Å². The second-order valence-corrected chi connectivity index (χ2v) is 10.1. The van der Waals surface area contributed by atoms with Crippen LogP contribution in [0.25, 0.3) is 0 Å². The number of carbonyl (C=O) groups excluding carboxylic acids is 1. The van der Waals surface area contributed by atoms with Crippen LogP contribution in [0.5, 0.6) is 0 Å². The average molecular weight is 456 g/mol. The van der Waals surface area contributed by atoms with Crippen LogP contribution >= 0.6 is 0 Å². The molecule has 4 atom stereocenters. The first kappa shape index (κ1) is 25.4. The molecule has 0 spiro atoms. The molecule has 1 aromatic carbocycles. The summed E-state index contributed by atoms with van der Waals surface area (Å²) in [5.74, 6) is 3.54. The van der Waals surface area contributed by atoms with Crippen LogP contribution in [0.3, 0.4) is 0 Å². The van der Waals surface area contributed by atoms with Gasteiger partial charge in [-0.1, -0.05) is 36.3 Å². The van der Waals surface area contributed by atoms with Gasteiger partial charge >= 0.3 is 6.03 Å². The van der Waals surface area contributed by atoms with Crippen molar-refractivity contribution in [1.82, 2.24) is 15.5 Å². The van der Waals surface area contributed by atoms with Gasteiger partial charge in [-0.25, -0.2) is 4.79 Å². The summed E-state index contributed by atoms with van der Waals surface area (Å²) in [5, 5.41) is 6.54. The molecular formula is C27H41N3O3. The van der Waals surface area contributed by atoms with Gasteiger partial charge in [0.05, 0.1) is 12.2 Å². The monoisotopic (exact) mass is 455 g/mol. The SMILES string of the molecule is CC#CO[C@@H](c1ccccc1)[C@@H]1CCCN(C(=O)N[C@H](CNC)C[C@H]2CCC(C)(C)OC2)C1. The first-order valence-corrected chi connectivity index (χ1v) is 12.4. The standard InChI is InChI=1S/C27H41N3O3/c1-5-16-32-25(22-10-7-6-8-11-22)23-12-9-15-30(19-23)26(31)29-24(18-28-4)17-21-13-14-27(2,3)33-20-21/h6-8,10-11,21,23-25,28H,9,12-15,17-20H2,1-4H3,(H,29,31)/t21-,23-,24+,25+/m1/s1. The molecule has 0 saturated carbocycles. The molecule has 182 valence electrons. The molecule has 2 amide bonds. The van der Waals surface area contributed by atoms with Crippen molar-refractivity contribution in [2.75, 3.05) is 33.3 Å². The molecular weight excluding hydrogens is 414 g/mol. The van der Waals surface area contributed by atoms with E-state index in [4.69, 9.17) is 9.47 Å². The number of urea groups is 1. The predicted molar refractivity (Wildman–Crippen MR) is 132 cm³/mol. The molecule has 2 fully saturated rings. The molecule has 0 aromatic heterocycles. The van der Waals surface area contributed by atoms with Crippen molar-refractivity contribution in [3.05, 3.63) is 35.9 Å². The van der Waals surface area contributed by atoms with Gasteiger partial charge in [-0.3, -0.25) is 0 Å². The highest BCUT2D eigenvalue weighted by Gasteiger charge is 2.33. The van der Waals surface area contributed by atoms with E-state index in [0.717, 1.165) is 57.4 Å². The lowest BCUT2D eigenvalue weighted by Crippen LogP contribution is -2.52. The van der Waals surface area contributed by atoms with E-state index in [1.165, 1.54) is 0 Å². The van der Waals surface area contributed by atoms with Crippen molar-refractivity contribution in [1.29, 1.82) is 0 Å². The van der Waals surface area contributed by atoms with Gasteiger partial charge in [0.1, 0.15) is 12.2 Å². The van der Waals surface area contributed by atoms with E-state index in [1.54, 1.807) is 6.92 Å². The van der Waals surface area contributed by atoms with Crippen LogP contribution in [-0.2, 0) is 9.47 Å². The number of nitrogens with one attached hydrogen (secondary N) is 2. The number of rotatable bonds is 8. The Labute approximate surface area is 199 Å².